The van der Waals surface area contributed by atoms with E-state index in [0.29, 0.717) is 0 Å². The van der Waals surface area contributed by atoms with Crippen LogP contribution in [0.2, 0.25) is 0 Å². The van der Waals surface area contributed by atoms with Crippen LogP contribution in [0.3, 0.4) is 0 Å². The Balaban J connectivity index is 0.000000712. The number of nitrogens with two attached hydrogens (primary N) is 1. The molecule has 15 nitrogen and oxygen atoms in total. The van der Waals surface area contributed by atoms with Gasteiger partial charge in [0.05, 0.1) is 16.2 Å². The van der Waals surface area contributed by atoms with E-state index in [2.05, 4.69) is 10.6 Å². The number of nitrogens with one attached hydrogen (secondary N) is 3. The molecule has 45 heavy (non-hydrogen) atoms. The van der Waals surface area contributed by atoms with E-state index in [0.717, 1.165) is 0 Å². The van der Waals surface area contributed by atoms with Crippen molar-refractivity contribution in [1.29, 1.82) is 0 Å². The van der Waals surface area contributed by atoms with Gasteiger partial charge >= 0.3 is 18.2 Å². The third kappa shape index (κ3) is 22.0. The van der Waals surface area contributed by atoms with Crippen molar-refractivity contribution in [2.24, 2.45) is 5.14 Å². The van der Waals surface area contributed by atoms with Crippen molar-refractivity contribution < 1.29 is 50.6 Å². The molecule has 17 heteroatoms. The van der Waals surface area contributed by atoms with Gasteiger partial charge in [0.1, 0.15) is 11.2 Å². The van der Waals surface area contributed by atoms with Crippen LogP contribution in [0.1, 0.15) is 54.4 Å². The van der Waals surface area contributed by atoms with E-state index in [1.807, 2.05) is 4.72 Å². The summed E-state index contributed by atoms with van der Waals surface area (Å²) in [5, 5.41) is 17.8. The van der Waals surface area contributed by atoms with Crippen molar-refractivity contribution in [1.82, 2.24) is 15.4 Å². The molecule has 0 unspecified atom stereocenters. The maximum absolute atomic E-state index is 11.9. The monoisotopic (exact) mass is 674 g/mol. The number of ether oxygens (including phenoxy) is 2. The van der Waals surface area contributed by atoms with Crippen LogP contribution in [0.15, 0.2) is 70.5 Å². The largest absolute Gasteiger partial charge is 0.481 e. The van der Waals surface area contributed by atoms with Gasteiger partial charge in [0.25, 0.3) is 10.0 Å². The molecule has 0 atom stereocenters. The van der Waals surface area contributed by atoms with Crippen molar-refractivity contribution in [3.05, 3.63) is 60.7 Å². The van der Waals surface area contributed by atoms with E-state index < -0.39 is 55.3 Å². The van der Waals surface area contributed by atoms with Gasteiger partial charge in [-0.3, -0.25) is 9.59 Å². The molecule has 3 amide bonds. The van der Waals surface area contributed by atoms with Gasteiger partial charge < -0.3 is 25.2 Å². The number of primary sulfonamides is 1. The maximum atomic E-state index is 11.9. The second-order valence-corrected chi connectivity index (χ2v) is 14.2. The van der Waals surface area contributed by atoms with Gasteiger partial charge in [0.15, 0.2) is 0 Å². The number of carboxylic acids is 1. The SMILES string of the molecule is CC(C)(C)OC(=O)NCCC(=O)NS(=O)(=O)c1ccccc1.CC(C)(C)OC(=O)NCCC(=O)O.NS(=O)(=O)c1ccccc1. The van der Waals surface area contributed by atoms with Crippen LogP contribution in [0.5, 0.6) is 0 Å². The number of benzene rings is 2. The topological polar surface area (TPSA) is 237 Å². The molecule has 0 fully saturated rings. The summed E-state index contributed by atoms with van der Waals surface area (Å²) in [6.45, 7) is 10.4. The Bertz CT molecular complexity index is 1450. The quantitative estimate of drug-likeness (QED) is 0.259. The molecule has 0 saturated carbocycles. The molecular weight excluding hydrogens is 632 g/mol. The Labute approximate surface area is 264 Å². The van der Waals surface area contributed by atoms with Crippen LogP contribution >= 0.6 is 0 Å². The van der Waals surface area contributed by atoms with Crippen molar-refractivity contribution in [2.75, 3.05) is 13.1 Å². The summed E-state index contributed by atoms with van der Waals surface area (Å²) in [7, 11) is -7.39. The van der Waals surface area contributed by atoms with Crippen molar-refractivity contribution >= 4 is 44.1 Å². The number of rotatable bonds is 9. The number of aliphatic carboxylic acids is 1. The number of amides is 3. The highest BCUT2D eigenvalue weighted by molar-refractivity contribution is 7.90. The molecule has 0 aliphatic carbocycles. The molecule has 252 valence electrons. The lowest BCUT2D eigenvalue weighted by Gasteiger charge is -2.19. The van der Waals surface area contributed by atoms with Gasteiger partial charge in [-0.25, -0.2) is 36.3 Å². The zero-order chi connectivity index (χ0) is 34.9. The predicted molar refractivity (Wildman–Crippen MR) is 165 cm³/mol. The fourth-order valence-electron chi connectivity index (χ4n) is 2.65. The molecule has 0 heterocycles. The van der Waals surface area contributed by atoms with E-state index in [1.165, 1.54) is 24.3 Å². The van der Waals surface area contributed by atoms with Crippen LogP contribution in [0.25, 0.3) is 0 Å². The smallest absolute Gasteiger partial charge is 0.407 e. The van der Waals surface area contributed by atoms with Gasteiger partial charge in [-0.05, 0) is 65.8 Å². The van der Waals surface area contributed by atoms with E-state index in [9.17, 15) is 36.0 Å². The van der Waals surface area contributed by atoms with Crippen LogP contribution in [0, 0.1) is 0 Å². The average molecular weight is 675 g/mol. The zero-order valence-electron chi connectivity index (χ0n) is 26.0. The molecule has 6 N–H and O–H groups in total. The second kappa shape index (κ2) is 18.6. The summed E-state index contributed by atoms with van der Waals surface area (Å²) < 4.78 is 56.8. The Morgan fingerprint density at radius 3 is 1.40 bits per heavy atom. The highest BCUT2D eigenvalue weighted by Crippen LogP contribution is 2.08. The molecule has 0 aliphatic heterocycles. The highest BCUT2D eigenvalue weighted by atomic mass is 32.2. The number of hydrogen-bond acceptors (Lipinski definition) is 10. The lowest BCUT2D eigenvalue weighted by molar-refractivity contribution is -0.136. The summed E-state index contributed by atoms with van der Waals surface area (Å²) in [5.41, 5.74) is -1.18. The molecule has 0 bridgehead atoms. The van der Waals surface area contributed by atoms with E-state index in [1.54, 1.807) is 77.9 Å². The van der Waals surface area contributed by atoms with E-state index in [-0.39, 0.29) is 35.7 Å². The maximum Gasteiger partial charge on any atom is 0.407 e. The summed E-state index contributed by atoms with van der Waals surface area (Å²) in [4.78, 5) is 44.1. The number of carbonyl (C=O) groups is 4. The molecule has 0 saturated heterocycles. The molecule has 2 aromatic carbocycles. The van der Waals surface area contributed by atoms with Gasteiger partial charge in [-0.2, -0.15) is 0 Å². The first kappa shape index (κ1) is 40.8. The zero-order valence-corrected chi connectivity index (χ0v) is 27.7. The highest BCUT2D eigenvalue weighted by Gasteiger charge is 2.19. The normalized spacial score (nSPS) is 11.3. The Morgan fingerprint density at radius 2 is 1.07 bits per heavy atom. The number of hydrogen-bond donors (Lipinski definition) is 5. The first-order chi connectivity index (χ1) is 20.5. The first-order valence-corrected chi connectivity index (χ1v) is 16.4. The fourth-order valence-corrected chi connectivity index (χ4v) is 4.22. The molecule has 2 rings (SSSR count). The molecule has 0 aromatic heterocycles. The van der Waals surface area contributed by atoms with Gasteiger partial charge in [-0.1, -0.05) is 36.4 Å². The predicted octanol–water partition coefficient (Wildman–Crippen LogP) is 2.73. The minimum Gasteiger partial charge on any atom is -0.481 e. The Hall–Kier alpha value is -4.22. The lowest BCUT2D eigenvalue weighted by Crippen LogP contribution is -2.36. The van der Waals surface area contributed by atoms with Crippen LogP contribution in [0.4, 0.5) is 9.59 Å². The van der Waals surface area contributed by atoms with Crippen molar-refractivity contribution in [3.63, 3.8) is 0 Å². The van der Waals surface area contributed by atoms with E-state index in [4.69, 9.17) is 19.7 Å². The van der Waals surface area contributed by atoms with Gasteiger partial charge in [0, 0.05) is 19.5 Å². The second-order valence-electron chi connectivity index (χ2n) is 11.0. The third-order valence-corrected chi connectivity index (χ3v) is 6.72. The average Bonchev–Trinajstić information content (AvgIpc) is 2.87. The lowest BCUT2D eigenvalue weighted by atomic mass is 10.2. The third-order valence-electron chi connectivity index (χ3n) is 4.40. The summed E-state index contributed by atoms with van der Waals surface area (Å²) in [6.07, 6.45) is -1.52. The molecule has 0 spiro atoms. The van der Waals surface area contributed by atoms with Crippen molar-refractivity contribution in [2.45, 2.75) is 75.4 Å². The van der Waals surface area contributed by atoms with Gasteiger partial charge in [0.2, 0.25) is 15.9 Å². The van der Waals surface area contributed by atoms with Crippen molar-refractivity contribution in [3.8, 4) is 0 Å². The summed E-state index contributed by atoms with van der Waals surface area (Å²) >= 11 is 0. The fraction of sp³-hybridized carbons (Fsp3) is 0.429. The number of carboxylic acid groups (broad SMARTS) is 1. The molecule has 0 aliphatic rings. The minimum atomic E-state index is -3.88. The van der Waals surface area contributed by atoms with Crippen LogP contribution in [-0.4, -0.2) is 70.3 Å². The Kier molecular flexibility index (Phi) is 16.8. The molecule has 2 aromatic rings. The summed E-state index contributed by atoms with van der Waals surface area (Å²) in [6, 6.07) is 15.4. The Morgan fingerprint density at radius 1 is 0.689 bits per heavy atom. The van der Waals surface area contributed by atoms with Crippen LogP contribution < -0.4 is 20.5 Å². The number of alkyl carbamates (subject to hydrolysis) is 2. The molecular formula is C28H42N4O11S2. The number of carbonyl (C=O) groups excluding carboxylic acids is 3. The first-order valence-electron chi connectivity index (χ1n) is 13.4. The standard InChI is InChI=1S/C14H20N2O5S.C8H15NO4.C6H7NO2S/c1-14(2,3)21-13(18)15-10-9-12(17)16-22(19,20)11-7-5-4-6-8-11;1-8(2,3)13-7(12)9-5-4-6(10)11;7-10(8,9)6-4-2-1-3-5-6/h4-8H,9-10H2,1-3H3,(H,15,18)(H,16,17);4-5H2,1-3H3,(H,9,12)(H,10,11);1-5H,(H2,7,8,9). The van der Waals surface area contributed by atoms with E-state index >= 15 is 0 Å². The van der Waals surface area contributed by atoms with Crippen LogP contribution in [-0.2, 0) is 39.1 Å². The number of sulfonamides is 2. The summed E-state index contributed by atoms with van der Waals surface area (Å²) in [5.74, 6) is -1.66. The van der Waals surface area contributed by atoms with Gasteiger partial charge in [-0.15, -0.1) is 0 Å². The molecule has 0 radical (unpaired) electrons. The minimum absolute atomic E-state index is 0.00320.